The topological polar surface area (TPSA) is 69.0 Å². The average Bonchev–Trinajstić information content (AvgIpc) is 3.43. The van der Waals surface area contributed by atoms with Gasteiger partial charge < -0.3 is 10.1 Å². The molecule has 0 aliphatic carbocycles. The molecular formula is C22H20N4O2S2. The second kappa shape index (κ2) is 9.15. The van der Waals surface area contributed by atoms with Crippen LogP contribution in [0.15, 0.2) is 71.2 Å². The Bertz CT molecular complexity index is 1120. The molecule has 0 aliphatic rings. The maximum absolute atomic E-state index is 12.4. The third-order valence-corrected chi connectivity index (χ3v) is 6.17. The van der Waals surface area contributed by atoms with E-state index in [1.807, 2.05) is 58.5 Å². The molecule has 30 heavy (non-hydrogen) atoms. The number of carbonyl (C=O) groups excluding carboxylic acids is 1. The van der Waals surface area contributed by atoms with E-state index in [0.29, 0.717) is 5.16 Å². The number of hydrogen-bond donors (Lipinski definition) is 1. The number of thiophene rings is 1. The second-order valence-corrected chi connectivity index (χ2v) is 8.41. The molecule has 0 aliphatic heterocycles. The van der Waals surface area contributed by atoms with Crippen molar-refractivity contribution in [3.63, 3.8) is 0 Å². The smallest absolute Gasteiger partial charge is 0.234 e. The van der Waals surface area contributed by atoms with Crippen LogP contribution in [0.4, 0.5) is 5.69 Å². The number of benzene rings is 2. The summed E-state index contributed by atoms with van der Waals surface area (Å²) < 4.78 is 7.14. The van der Waals surface area contributed by atoms with Crippen molar-refractivity contribution in [3.05, 3.63) is 71.6 Å². The molecule has 1 N–H and O–H groups in total. The largest absolute Gasteiger partial charge is 0.497 e. The summed E-state index contributed by atoms with van der Waals surface area (Å²) in [6.07, 6.45) is 0. The Morgan fingerprint density at radius 2 is 1.87 bits per heavy atom. The highest BCUT2D eigenvalue weighted by molar-refractivity contribution is 7.99. The molecule has 152 valence electrons. The highest BCUT2D eigenvalue weighted by Gasteiger charge is 2.18. The van der Waals surface area contributed by atoms with Gasteiger partial charge in [0.05, 0.1) is 17.7 Å². The minimum atomic E-state index is -0.110. The number of hydrogen-bond acceptors (Lipinski definition) is 6. The van der Waals surface area contributed by atoms with Crippen LogP contribution in [0.25, 0.3) is 16.4 Å². The molecule has 2 heterocycles. The van der Waals surface area contributed by atoms with E-state index < -0.39 is 0 Å². The van der Waals surface area contributed by atoms with Gasteiger partial charge in [-0.05, 0) is 54.8 Å². The van der Waals surface area contributed by atoms with Crippen LogP contribution in [0, 0.1) is 6.92 Å². The van der Waals surface area contributed by atoms with E-state index in [0.717, 1.165) is 27.8 Å². The number of carbonyl (C=O) groups is 1. The first-order valence-corrected chi connectivity index (χ1v) is 11.1. The van der Waals surface area contributed by atoms with Crippen molar-refractivity contribution in [2.45, 2.75) is 12.1 Å². The number of aromatic nitrogens is 3. The van der Waals surface area contributed by atoms with Gasteiger partial charge in [-0.2, -0.15) is 0 Å². The molecule has 0 saturated heterocycles. The highest BCUT2D eigenvalue weighted by atomic mass is 32.2. The van der Waals surface area contributed by atoms with Gasteiger partial charge in [-0.1, -0.05) is 35.5 Å². The zero-order valence-electron chi connectivity index (χ0n) is 16.5. The van der Waals surface area contributed by atoms with Gasteiger partial charge in [0.25, 0.3) is 0 Å². The third-order valence-electron chi connectivity index (χ3n) is 4.37. The fourth-order valence-electron chi connectivity index (χ4n) is 2.86. The van der Waals surface area contributed by atoms with Gasteiger partial charge in [0.1, 0.15) is 5.75 Å². The normalized spacial score (nSPS) is 10.7. The molecule has 2 aromatic carbocycles. The Morgan fingerprint density at radius 3 is 2.53 bits per heavy atom. The van der Waals surface area contributed by atoms with Crippen molar-refractivity contribution in [1.82, 2.24) is 14.8 Å². The number of rotatable bonds is 7. The van der Waals surface area contributed by atoms with Crippen LogP contribution in [0.2, 0.25) is 0 Å². The highest BCUT2D eigenvalue weighted by Crippen LogP contribution is 2.30. The quantitative estimate of drug-likeness (QED) is 0.411. The molecule has 0 radical (unpaired) electrons. The molecular weight excluding hydrogens is 416 g/mol. The first-order chi connectivity index (χ1) is 14.6. The fraction of sp³-hybridized carbons (Fsp3) is 0.136. The lowest BCUT2D eigenvalue weighted by molar-refractivity contribution is -0.113. The number of ether oxygens (including phenoxy) is 1. The summed E-state index contributed by atoms with van der Waals surface area (Å²) in [4.78, 5) is 13.5. The summed E-state index contributed by atoms with van der Waals surface area (Å²) in [6.45, 7) is 2.05. The maximum atomic E-state index is 12.4. The summed E-state index contributed by atoms with van der Waals surface area (Å²) in [5.41, 5.74) is 2.87. The fourth-order valence-corrected chi connectivity index (χ4v) is 4.31. The van der Waals surface area contributed by atoms with E-state index in [9.17, 15) is 4.79 Å². The molecule has 0 bridgehead atoms. The van der Waals surface area contributed by atoms with E-state index in [-0.39, 0.29) is 11.7 Å². The summed E-state index contributed by atoms with van der Waals surface area (Å²) >= 11 is 2.96. The van der Waals surface area contributed by atoms with Gasteiger partial charge >= 0.3 is 0 Å². The Labute approximate surface area is 182 Å². The number of nitrogens with zero attached hydrogens (tertiary/aromatic N) is 3. The molecule has 6 nitrogen and oxygen atoms in total. The van der Waals surface area contributed by atoms with Crippen LogP contribution in [-0.2, 0) is 4.79 Å². The molecule has 4 rings (SSSR count). The number of thioether (sulfide) groups is 1. The van der Waals surface area contributed by atoms with Crippen LogP contribution in [0.5, 0.6) is 5.75 Å². The second-order valence-electron chi connectivity index (χ2n) is 6.52. The Morgan fingerprint density at radius 1 is 1.10 bits per heavy atom. The number of aryl methyl sites for hydroxylation is 1. The molecule has 0 atom stereocenters. The number of anilines is 1. The van der Waals surface area contributed by atoms with Crippen molar-refractivity contribution in [2.75, 3.05) is 18.2 Å². The van der Waals surface area contributed by atoms with Crippen molar-refractivity contribution in [3.8, 4) is 22.1 Å². The molecule has 0 spiro atoms. The minimum absolute atomic E-state index is 0.110. The lowest BCUT2D eigenvalue weighted by Gasteiger charge is -2.10. The van der Waals surface area contributed by atoms with E-state index in [1.165, 1.54) is 17.3 Å². The standard InChI is InChI=1S/C22H20N4O2S2/c1-15-5-9-17(10-6-15)26-21(19-4-3-13-29-19)24-25-22(26)30-14-20(27)23-16-7-11-18(28-2)12-8-16/h3-13H,14H2,1-2H3,(H,23,27). The van der Waals surface area contributed by atoms with E-state index >= 15 is 0 Å². The minimum Gasteiger partial charge on any atom is -0.497 e. The lowest BCUT2D eigenvalue weighted by Crippen LogP contribution is -2.14. The van der Waals surface area contributed by atoms with E-state index in [4.69, 9.17) is 4.74 Å². The Balaban J connectivity index is 1.53. The molecule has 0 saturated carbocycles. The van der Waals surface area contributed by atoms with Crippen molar-refractivity contribution in [1.29, 1.82) is 0 Å². The molecule has 0 unspecified atom stereocenters. The van der Waals surface area contributed by atoms with Crippen molar-refractivity contribution in [2.24, 2.45) is 0 Å². The van der Waals surface area contributed by atoms with Gasteiger partial charge in [0.2, 0.25) is 5.91 Å². The number of nitrogens with one attached hydrogen (secondary N) is 1. The maximum Gasteiger partial charge on any atom is 0.234 e. The SMILES string of the molecule is COc1ccc(NC(=O)CSc2nnc(-c3cccs3)n2-c2ccc(C)cc2)cc1. The first kappa shape index (κ1) is 20.2. The van der Waals surface area contributed by atoms with E-state index in [1.54, 1.807) is 18.4 Å². The van der Waals surface area contributed by atoms with Gasteiger partial charge in [0.15, 0.2) is 11.0 Å². The Kier molecular flexibility index (Phi) is 6.15. The van der Waals surface area contributed by atoms with Crippen molar-refractivity contribution < 1.29 is 9.53 Å². The predicted molar refractivity (Wildman–Crippen MR) is 122 cm³/mol. The van der Waals surface area contributed by atoms with Crippen LogP contribution >= 0.6 is 23.1 Å². The lowest BCUT2D eigenvalue weighted by atomic mass is 10.2. The van der Waals surface area contributed by atoms with E-state index in [2.05, 4.69) is 34.6 Å². The Hall–Kier alpha value is -3.10. The summed E-state index contributed by atoms with van der Waals surface area (Å²) in [6, 6.07) is 19.4. The van der Waals surface area contributed by atoms with Crippen LogP contribution in [0.1, 0.15) is 5.56 Å². The van der Waals surface area contributed by atoms with Crippen molar-refractivity contribution >= 4 is 34.7 Å². The average molecular weight is 437 g/mol. The number of amides is 1. The third kappa shape index (κ3) is 4.55. The predicted octanol–water partition coefficient (Wildman–Crippen LogP) is 5.04. The molecule has 2 aromatic heterocycles. The molecule has 8 heteroatoms. The van der Waals surface area contributed by atoms with Crippen LogP contribution in [-0.4, -0.2) is 33.5 Å². The zero-order chi connectivity index (χ0) is 20.9. The number of methoxy groups -OCH3 is 1. The first-order valence-electron chi connectivity index (χ1n) is 9.27. The molecule has 1 amide bonds. The summed E-state index contributed by atoms with van der Waals surface area (Å²) in [5, 5.41) is 14.3. The summed E-state index contributed by atoms with van der Waals surface area (Å²) in [7, 11) is 1.61. The van der Waals surface area contributed by atoms with Gasteiger partial charge in [-0.25, -0.2) is 0 Å². The zero-order valence-corrected chi connectivity index (χ0v) is 18.2. The van der Waals surface area contributed by atoms with Crippen LogP contribution < -0.4 is 10.1 Å². The van der Waals surface area contributed by atoms with Gasteiger partial charge in [0, 0.05) is 11.4 Å². The van der Waals surface area contributed by atoms with Crippen LogP contribution in [0.3, 0.4) is 0 Å². The van der Waals surface area contributed by atoms with Gasteiger partial charge in [-0.3, -0.25) is 9.36 Å². The molecule has 0 fully saturated rings. The monoisotopic (exact) mass is 436 g/mol. The summed E-state index contributed by atoms with van der Waals surface area (Å²) in [5.74, 6) is 1.63. The van der Waals surface area contributed by atoms with Gasteiger partial charge in [-0.15, -0.1) is 21.5 Å². The molecule has 4 aromatic rings.